The molecule has 0 aliphatic carbocycles. The lowest BCUT2D eigenvalue weighted by Crippen LogP contribution is -2.29. The largest absolute Gasteiger partial charge is 0.505 e. The molecule has 0 saturated carbocycles. The molecule has 7 heteroatoms. The number of ketones is 1. The number of Topliss-reactive ketones (excluding diaryl/α,β-unsaturated/α-hetero) is 1. The van der Waals surface area contributed by atoms with Crippen molar-refractivity contribution in [2.75, 3.05) is 11.5 Å². The van der Waals surface area contributed by atoms with Crippen molar-refractivity contribution in [2.24, 2.45) is 7.05 Å². The molecule has 2 heterocycles. The van der Waals surface area contributed by atoms with Gasteiger partial charge in [0.15, 0.2) is 0 Å². The summed E-state index contributed by atoms with van der Waals surface area (Å²) in [7, 11) is 1.75. The van der Waals surface area contributed by atoms with Crippen LogP contribution in [0, 0.1) is 0 Å². The van der Waals surface area contributed by atoms with Gasteiger partial charge in [-0.2, -0.15) is 0 Å². The molecule has 1 atom stereocenters. The van der Waals surface area contributed by atoms with Crippen LogP contribution in [-0.2, 0) is 21.4 Å². The van der Waals surface area contributed by atoms with Gasteiger partial charge in [0.2, 0.25) is 0 Å². The first kappa shape index (κ1) is 24.5. The fraction of sp³-hybridized carbons (Fsp3) is 0.222. The molecule has 1 aliphatic rings. The van der Waals surface area contributed by atoms with Crippen LogP contribution in [0.15, 0.2) is 78.5 Å². The van der Waals surface area contributed by atoms with Crippen LogP contribution in [-0.4, -0.2) is 33.9 Å². The minimum absolute atomic E-state index is 0.0115. The van der Waals surface area contributed by atoms with Crippen molar-refractivity contribution in [2.45, 2.75) is 26.8 Å². The molecule has 0 spiro atoms. The van der Waals surface area contributed by atoms with Crippen LogP contribution in [0.3, 0.4) is 0 Å². The van der Waals surface area contributed by atoms with E-state index < -0.39 is 23.7 Å². The fourth-order valence-corrected chi connectivity index (χ4v) is 3.87. The summed E-state index contributed by atoms with van der Waals surface area (Å²) in [5.74, 6) is -2.23. The lowest BCUT2D eigenvalue weighted by Gasteiger charge is -2.25. The zero-order chi connectivity index (χ0) is 24.8. The van der Waals surface area contributed by atoms with E-state index in [1.54, 1.807) is 73.3 Å². The number of hydrogen-bond donors (Lipinski definition) is 1. The van der Waals surface area contributed by atoms with Crippen molar-refractivity contribution in [1.29, 1.82) is 0 Å². The molecule has 1 N–H and O–H groups in total. The Morgan fingerprint density at radius 3 is 2.18 bits per heavy atom. The van der Waals surface area contributed by atoms with E-state index in [9.17, 15) is 19.5 Å². The van der Waals surface area contributed by atoms with Gasteiger partial charge in [-0.15, -0.1) is 0 Å². The highest BCUT2D eigenvalue weighted by Gasteiger charge is 2.47. The molecule has 1 unspecified atom stereocenters. The van der Waals surface area contributed by atoms with Crippen LogP contribution in [0.1, 0.15) is 48.4 Å². The van der Waals surface area contributed by atoms with Crippen molar-refractivity contribution < 1.29 is 24.2 Å². The normalized spacial score (nSPS) is 16.7. The van der Waals surface area contributed by atoms with E-state index in [0.29, 0.717) is 22.5 Å². The molecule has 1 saturated heterocycles. The van der Waals surface area contributed by atoms with Gasteiger partial charge in [-0.3, -0.25) is 14.5 Å². The zero-order valence-corrected chi connectivity index (χ0v) is 19.7. The second kappa shape index (κ2) is 10.7. The molecule has 176 valence electrons. The number of rotatable bonds is 5. The molecule has 7 nitrogen and oxygen atoms in total. The Kier molecular flexibility index (Phi) is 7.68. The minimum atomic E-state index is -0.820. The Balaban J connectivity index is 0.00000158. The number of benzene rings is 2. The molecular formula is C27H28N2O5. The zero-order valence-electron chi connectivity index (χ0n) is 19.7. The Morgan fingerprint density at radius 1 is 0.971 bits per heavy atom. The van der Waals surface area contributed by atoms with E-state index >= 15 is 0 Å². The highest BCUT2D eigenvalue weighted by Crippen LogP contribution is 2.42. The summed E-state index contributed by atoms with van der Waals surface area (Å²) in [4.78, 5) is 39.5. The standard InChI is InChI=1S/C25H22N2O5.C2H6/c1-3-32-25(31)17-11-13-18(14-12-17)27-21(16-8-5-4-6-9-16)20(23(29)24(27)30)22(28)19-10-7-15-26(19)2;1-2/h4-15,21,28H,3H2,1-2H3;1-2H3/b22-20-;. The lowest BCUT2D eigenvalue weighted by molar-refractivity contribution is -0.132. The first-order valence-electron chi connectivity index (χ1n) is 11.2. The minimum Gasteiger partial charge on any atom is -0.505 e. The van der Waals surface area contributed by atoms with Gasteiger partial charge in [-0.1, -0.05) is 44.2 Å². The van der Waals surface area contributed by atoms with Crippen molar-refractivity contribution in [3.8, 4) is 0 Å². The SMILES string of the molecule is CC.CCOC(=O)c1ccc(N2C(=O)C(=O)/C(=C(\O)c3cccn3C)C2c2ccccc2)cc1. The number of aryl methyl sites for hydroxylation is 1. The molecule has 1 aromatic heterocycles. The molecule has 34 heavy (non-hydrogen) atoms. The van der Waals surface area contributed by atoms with Gasteiger partial charge in [0, 0.05) is 18.9 Å². The maximum atomic E-state index is 13.1. The molecular weight excluding hydrogens is 432 g/mol. The number of carbonyl (C=O) groups excluding carboxylic acids is 3. The summed E-state index contributed by atoms with van der Waals surface area (Å²) < 4.78 is 6.69. The molecule has 3 aromatic rings. The number of nitrogens with zero attached hydrogens (tertiary/aromatic N) is 2. The molecule has 2 aromatic carbocycles. The summed E-state index contributed by atoms with van der Waals surface area (Å²) in [5, 5.41) is 11.0. The Bertz CT molecular complexity index is 1210. The average molecular weight is 461 g/mol. The summed E-state index contributed by atoms with van der Waals surface area (Å²) in [6.45, 7) is 5.97. The number of aromatic nitrogens is 1. The number of carbonyl (C=O) groups is 3. The third-order valence-corrected chi connectivity index (χ3v) is 5.40. The Labute approximate surface area is 198 Å². The predicted molar refractivity (Wildman–Crippen MR) is 130 cm³/mol. The van der Waals surface area contributed by atoms with Gasteiger partial charge in [0.05, 0.1) is 29.5 Å². The van der Waals surface area contributed by atoms with E-state index in [1.165, 1.54) is 4.90 Å². The third-order valence-electron chi connectivity index (χ3n) is 5.40. The molecule has 1 amide bonds. The Hall–Kier alpha value is -4.13. The summed E-state index contributed by atoms with van der Waals surface area (Å²) in [6, 6.07) is 17.9. The van der Waals surface area contributed by atoms with Gasteiger partial charge in [-0.25, -0.2) is 4.79 Å². The summed E-state index contributed by atoms with van der Waals surface area (Å²) in [6.07, 6.45) is 1.75. The monoisotopic (exact) mass is 460 g/mol. The summed E-state index contributed by atoms with van der Waals surface area (Å²) >= 11 is 0. The first-order chi connectivity index (χ1) is 16.4. The van der Waals surface area contributed by atoms with Crippen LogP contribution in [0.4, 0.5) is 5.69 Å². The molecule has 0 radical (unpaired) electrons. The number of ether oxygens (including phenoxy) is 1. The maximum Gasteiger partial charge on any atom is 0.338 e. The number of amides is 1. The van der Waals surface area contributed by atoms with E-state index in [0.717, 1.165) is 0 Å². The van der Waals surface area contributed by atoms with Crippen molar-refractivity contribution in [1.82, 2.24) is 4.57 Å². The highest BCUT2D eigenvalue weighted by molar-refractivity contribution is 6.51. The second-order valence-corrected chi connectivity index (χ2v) is 7.35. The second-order valence-electron chi connectivity index (χ2n) is 7.35. The van der Waals surface area contributed by atoms with Gasteiger partial charge < -0.3 is 14.4 Å². The number of aliphatic hydroxyl groups is 1. The molecule has 1 aliphatic heterocycles. The number of esters is 1. The van der Waals surface area contributed by atoms with E-state index in [1.807, 2.05) is 32.0 Å². The highest BCUT2D eigenvalue weighted by atomic mass is 16.5. The number of hydrogen-bond acceptors (Lipinski definition) is 5. The van der Waals surface area contributed by atoms with Crippen molar-refractivity contribution in [3.63, 3.8) is 0 Å². The smallest absolute Gasteiger partial charge is 0.338 e. The lowest BCUT2D eigenvalue weighted by atomic mass is 9.96. The fourth-order valence-electron chi connectivity index (χ4n) is 3.87. The van der Waals surface area contributed by atoms with Crippen LogP contribution in [0.25, 0.3) is 5.76 Å². The van der Waals surface area contributed by atoms with Crippen LogP contribution >= 0.6 is 0 Å². The average Bonchev–Trinajstić information content (AvgIpc) is 3.41. The van der Waals surface area contributed by atoms with Crippen molar-refractivity contribution >= 4 is 29.1 Å². The van der Waals surface area contributed by atoms with Crippen molar-refractivity contribution in [3.05, 3.63) is 95.3 Å². The van der Waals surface area contributed by atoms with Crippen LogP contribution < -0.4 is 4.90 Å². The van der Waals surface area contributed by atoms with E-state index in [4.69, 9.17) is 4.74 Å². The van der Waals surface area contributed by atoms with Gasteiger partial charge in [0.25, 0.3) is 11.7 Å². The maximum absolute atomic E-state index is 13.1. The number of aliphatic hydroxyl groups excluding tert-OH is 1. The van der Waals surface area contributed by atoms with Gasteiger partial charge >= 0.3 is 5.97 Å². The van der Waals surface area contributed by atoms with Gasteiger partial charge in [0.1, 0.15) is 5.76 Å². The summed E-state index contributed by atoms with van der Waals surface area (Å²) in [5.41, 5.74) is 1.89. The third kappa shape index (κ3) is 4.50. The topological polar surface area (TPSA) is 88.8 Å². The molecule has 1 fully saturated rings. The van der Waals surface area contributed by atoms with Crippen LogP contribution in [0.5, 0.6) is 0 Å². The van der Waals surface area contributed by atoms with E-state index in [-0.39, 0.29) is 17.9 Å². The number of anilines is 1. The Morgan fingerprint density at radius 2 is 1.62 bits per heavy atom. The predicted octanol–water partition coefficient (Wildman–Crippen LogP) is 4.85. The first-order valence-corrected chi connectivity index (χ1v) is 11.2. The quantitative estimate of drug-likeness (QED) is 0.254. The molecule has 4 rings (SSSR count). The van der Waals surface area contributed by atoms with E-state index in [2.05, 4.69) is 0 Å². The van der Waals surface area contributed by atoms with Crippen LogP contribution in [0.2, 0.25) is 0 Å². The molecule has 0 bridgehead atoms. The van der Waals surface area contributed by atoms with Gasteiger partial charge in [-0.05, 0) is 48.9 Å².